The highest BCUT2D eigenvalue weighted by Gasteiger charge is 2.35. The van der Waals surface area contributed by atoms with Crippen molar-refractivity contribution < 1.29 is 23.8 Å². The monoisotopic (exact) mass is 612 g/mol. The van der Waals surface area contributed by atoms with E-state index in [0.717, 1.165) is 63.6 Å². The molecule has 11 nitrogen and oxygen atoms in total. The molecular weight excluding hydrogens is 572 g/mol. The first-order chi connectivity index (χ1) is 21.3. The Morgan fingerprint density at radius 3 is 2.38 bits per heavy atom. The summed E-state index contributed by atoms with van der Waals surface area (Å²) in [4.78, 5) is 42.3. The Morgan fingerprint density at radius 1 is 0.933 bits per heavy atom. The maximum absolute atomic E-state index is 12.8. The Morgan fingerprint density at radius 2 is 1.62 bits per heavy atom. The third-order valence-corrected chi connectivity index (χ3v) is 7.60. The molecule has 2 aromatic carbocycles. The van der Waals surface area contributed by atoms with Gasteiger partial charge in [-0.3, -0.25) is 4.90 Å². The van der Waals surface area contributed by atoms with Crippen molar-refractivity contribution in [2.75, 3.05) is 6.54 Å². The predicted octanol–water partition coefficient (Wildman–Crippen LogP) is 7.12. The van der Waals surface area contributed by atoms with Gasteiger partial charge in [-0.25, -0.2) is 19.6 Å². The molecule has 0 radical (unpaired) electrons. The lowest BCUT2D eigenvalue weighted by Crippen LogP contribution is -2.36. The zero-order chi connectivity index (χ0) is 31.9. The smallest absolute Gasteiger partial charge is 0.410 e. The minimum Gasteiger partial charge on any atom is -0.488 e. The summed E-state index contributed by atoms with van der Waals surface area (Å²) < 4.78 is 17.1. The fourth-order valence-corrected chi connectivity index (χ4v) is 5.64. The molecular formula is C34H40N6O5. The van der Waals surface area contributed by atoms with Crippen LogP contribution in [0.4, 0.5) is 9.59 Å². The van der Waals surface area contributed by atoms with Crippen molar-refractivity contribution in [1.29, 1.82) is 0 Å². The van der Waals surface area contributed by atoms with Gasteiger partial charge in [-0.15, -0.1) is 0 Å². The second-order valence-electron chi connectivity index (χ2n) is 13.5. The average Bonchev–Trinajstić information content (AvgIpc) is 3.74. The van der Waals surface area contributed by atoms with Gasteiger partial charge >= 0.3 is 12.2 Å². The molecule has 4 heterocycles. The molecule has 0 unspecified atom stereocenters. The van der Waals surface area contributed by atoms with E-state index in [2.05, 4.69) is 49.5 Å². The summed E-state index contributed by atoms with van der Waals surface area (Å²) in [5.74, 6) is 2.19. The van der Waals surface area contributed by atoms with Crippen LogP contribution in [0.1, 0.15) is 77.6 Å². The first-order valence-corrected chi connectivity index (χ1v) is 15.3. The van der Waals surface area contributed by atoms with Crippen molar-refractivity contribution in [2.24, 2.45) is 0 Å². The molecule has 2 aliphatic rings. The van der Waals surface area contributed by atoms with Crippen LogP contribution < -0.4 is 10.1 Å². The molecule has 0 bridgehead atoms. The Bertz CT molecular complexity index is 1730. The van der Waals surface area contributed by atoms with Gasteiger partial charge in [-0.1, -0.05) is 18.2 Å². The van der Waals surface area contributed by atoms with E-state index in [9.17, 15) is 9.59 Å². The van der Waals surface area contributed by atoms with Gasteiger partial charge in [0.15, 0.2) is 0 Å². The van der Waals surface area contributed by atoms with Crippen LogP contribution in [-0.4, -0.2) is 54.8 Å². The van der Waals surface area contributed by atoms with Crippen LogP contribution in [0.2, 0.25) is 0 Å². The molecule has 2 aliphatic heterocycles. The summed E-state index contributed by atoms with van der Waals surface area (Å²) in [5.41, 5.74) is 5.75. The van der Waals surface area contributed by atoms with E-state index in [4.69, 9.17) is 14.2 Å². The number of amides is 2. The number of likely N-dealkylation sites (tertiary alicyclic amines) is 1. The Balaban J connectivity index is 1.15. The fraction of sp³-hybridized carbons (Fsp3) is 0.412. The molecule has 3 N–H and O–H groups in total. The number of alkyl carbamates (subject to hydrolysis) is 1. The molecule has 1 fully saturated rings. The Hall–Kier alpha value is -4.80. The second-order valence-corrected chi connectivity index (χ2v) is 13.5. The maximum Gasteiger partial charge on any atom is 0.410 e. The highest BCUT2D eigenvalue weighted by Crippen LogP contribution is 2.41. The van der Waals surface area contributed by atoms with Crippen molar-refractivity contribution in [1.82, 2.24) is 30.2 Å². The molecule has 11 heteroatoms. The molecule has 2 amide bonds. The number of aromatic nitrogens is 4. The van der Waals surface area contributed by atoms with Gasteiger partial charge in [-0.05, 0) is 89.3 Å². The number of hydrogen-bond acceptors (Lipinski definition) is 7. The first-order valence-electron chi connectivity index (χ1n) is 15.3. The standard InChI is InChI=1S/C34H40N6O5/c1-33(2,3)44-31(41)37-18-29-35-16-25(38-29)21-10-12-24-23-11-9-20(14-22(23)19-43-28(24)15-21)26-17-36-30(39-26)27-8-7-13-40(27)32(42)45-34(4,5)6/h9-12,14-17,27H,7-8,13,18-19H2,1-6H3,(H,35,38)(H,36,39)(H,37,41)/t27-/m0/s1. The number of carbonyl (C=O) groups excluding carboxylic acids is 2. The SMILES string of the molecule is CC(C)(C)OC(=O)NCc1ncc(-c2ccc3c(c2)OCc2cc(-c4cnc([C@@H]5CCCN5C(=O)OC(C)(C)C)[nH]4)ccc2-3)[nH]1. The van der Waals surface area contributed by atoms with Gasteiger partial charge in [0.25, 0.3) is 0 Å². The summed E-state index contributed by atoms with van der Waals surface area (Å²) in [5, 5.41) is 2.72. The largest absolute Gasteiger partial charge is 0.488 e. The third kappa shape index (κ3) is 6.82. The molecule has 0 spiro atoms. The van der Waals surface area contributed by atoms with Crippen molar-refractivity contribution in [2.45, 2.75) is 84.8 Å². The number of imidazole rings is 2. The van der Waals surface area contributed by atoms with E-state index in [1.54, 1.807) is 11.1 Å². The molecule has 45 heavy (non-hydrogen) atoms. The number of nitrogens with one attached hydrogen (secondary N) is 3. The number of fused-ring (bicyclic) bond motifs is 3. The van der Waals surface area contributed by atoms with E-state index in [0.29, 0.717) is 19.0 Å². The number of ether oxygens (including phenoxy) is 3. The van der Waals surface area contributed by atoms with Crippen molar-refractivity contribution in [3.05, 3.63) is 66.0 Å². The number of nitrogens with zero attached hydrogens (tertiary/aromatic N) is 3. The van der Waals surface area contributed by atoms with E-state index in [-0.39, 0.29) is 18.7 Å². The molecule has 236 valence electrons. The van der Waals surface area contributed by atoms with Gasteiger partial charge < -0.3 is 29.5 Å². The second kappa shape index (κ2) is 11.6. The normalized spacial score (nSPS) is 16.0. The van der Waals surface area contributed by atoms with Gasteiger partial charge in [0, 0.05) is 17.7 Å². The van der Waals surface area contributed by atoms with Crippen LogP contribution in [0.25, 0.3) is 33.6 Å². The molecule has 0 saturated carbocycles. The fourth-order valence-electron chi connectivity index (χ4n) is 5.64. The van der Waals surface area contributed by atoms with Crippen molar-refractivity contribution >= 4 is 12.2 Å². The van der Waals surface area contributed by atoms with E-state index >= 15 is 0 Å². The molecule has 1 saturated heterocycles. The summed E-state index contributed by atoms with van der Waals surface area (Å²) in [6.45, 7) is 12.4. The zero-order valence-electron chi connectivity index (χ0n) is 26.6. The zero-order valence-corrected chi connectivity index (χ0v) is 26.6. The number of aromatic amines is 2. The van der Waals surface area contributed by atoms with E-state index in [1.165, 1.54) is 0 Å². The van der Waals surface area contributed by atoms with Gasteiger partial charge in [0.1, 0.15) is 35.2 Å². The minimum atomic E-state index is -0.563. The lowest BCUT2D eigenvalue weighted by atomic mass is 9.93. The van der Waals surface area contributed by atoms with Gasteiger partial charge in [-0.2, -0.15) is 0 Å². The third-order valence-electron chi connectivity index (χ3n) is 7.60. The predicted molar refractivity (Wildman–Crippen MR) is 169 cm³/mol. The topological polar surface area (TPSA) is 134 Å². The highest BCUT2D eigenvalue weighted by molar-refractivity contribution is 5.80. The van der Waals surface area contributed by atoms with Crippen molar-refractivity contribution in [3.8, 4) is 39.4 Å². The number of carbonyl (C=O) groups is 2. The van der Waals surface area contributed by atoms with Crippen LogP contribution in [0.15, 0.2) is 48.8 Å². The number of hydrogen-bond donors (Lipinski definition) is 3. The summed E-state index contributed by atoms with van der Waals surface area (Å²) in [6, 6.07) is 12.3. The summed E-state index contributed by atoms with van der Waals surface area (Å²) in [7, 11) is 0. The molecule has 4 aromatic rings. The lowest BCUT2D eigenvalue weighted by molar-refractivity contribution is 0.0218. The quantitative estimate of drug-likeness (QED) is 0.218. The molecule has 2 aromatic heterocycles. The minimum absolute atomic E-state index is 0.136. The molecule has 1 atom stereocenters. The highest BCUT2D eigenvalue weighted by atomic mass is 16.6. The molecule has 0 aliphatic carbocycles. The maximum atomic E-state index is 12.8. The van der Waals surface area contributed by atoms with Crippen LogP contribution in [0.5, 0.6) is 5.75 Å². The van der Waals surface area contributed by atoms with Gasteiger partial charge in [0.05, 0.1) is 36.4 Å². The van der Waals surface area contributed by atoms with Crippen molar-refractivity contribution in [3.63, 3.8) is 0 Å². The number of H-pyrrole nitrogens is 2. The Kier molecular flexibility index (Phi) is 7.80. The summed E-state index contributed by atoms with van der Waals surface area (Å²) >= 11 is 0. The van der Waals surface area contributed by atoms with Crippen LogP contribution >= 0.6 is 0 Å². The Labute approximate surface area is 262 Å². The first kappa shape index (κ1) is 30.2. The van der Waals surface area contributed by atoms with Crippen LogP contribution in [0.3, 0.4) is 0 Å². The van der Waals surface area contributed by atoms with Gasteiger partial charge in [0.2, 0.25) is 0 Å². The summed E-state index contributed by atoms with van der Waals surface area (Å²) in [6.07, 6.45) is 4.52. The number of benzene rings is 2. The van der Waals surface area contributed by atoms with E-state index in [1.807, 2.05) is 59.9 Å². The van der Waals surface area contributed by atoms with Crippen LogP contribution in [-0.2, 0) is 22.6 Å². The van der Waals surface area contributed by atoms with Crippen LogP contribution in [0, 0.1) is 0 Å². The number of rotatable bonds is 5. The lowest BCUT2D eigenvalue weighted by Gasteiger charge is -2.27. The van der Waals surface area contributed by atoms with E-state index < -0.39 is 17.3 Å². The average molecular weight is 613 g/mol. The molecule has 6 rings (SSSR count).